The van der Waals surface area contributed by atoms with Gasteiger partial charge in [-0.1, -0.05) is 46.3 Å². The molecule has 0 aliphatic carbocycles. The number of alkyl halides is 1. The summed E-state index contributed by atoms with van der Waals surface area (Å²) in [5.41, 5.74) is 1.34. The standard InChI is InChI=1S/C14H19BrN2O/c1-12(15)14(18)17-9-7-16(8-10-17)11-13-5-3-2-4-6-13/h2-6,12H,7-11H2,1H3. The molecule has 1 fully saturated rings. The van der Waals surface area contributed by atoms with Crippen molar-refractivity contribution in [1.82, 2.24) is 9.80 Å². The third-order valence-electron chi connectivity index (χ3n) is 3.27. The minimum absolute atomic E-state index is 0.0711. The number of rotatable bonds is 3. The van der Waals surface area contributed by atoms with E-state index in [1.807, 2.05) is 17.9 Å². The summed E-state index contributed by atoms with van der Waals surface area (Å²) in [6.45, 7) is 6.45. The molecule has 1 saturated heterocycles. The Labute approximate surface area is 117 Å². The summed E-state index contributed by atoms with van der Waals surface area (Å²) in [7, 11) is 0. The third-order valence-corrected chi connectivity index (χ3v) is 3.66. The molecule has 1 aliphatic rings. The van der Waals surface area contributed by atoms with E-state index in [0.29, 0.717) is 0 Å². The normalized spacial score (nSPS) is 18.7. The fourth-order valence-corrected chi connectivity index (χ4v) is 2.51. The van der Waals surface area contributed by atoms with Gasteiger partial charge in [0, 0.05) is 32.7 Å². The van der Waals surface area contributed by atoms with E-state index in [-0.39, 0.29) is 10.7 Å². The first-order chi connectivity index (χ1) is 8.66. The van der Waals surface area contributed by atoms with Gasteiger partial charge in [0.1, 0.15) is 0 Å². The fourth-order valence-electron chi connectivity index (χ4n) is 2.22. The summed E-state index contributed by atoms with van der Waals surface area (Å²) in [6.07, 6.45) is 0. The maximum absolute atomic E-state index is 11.8. The van der Waals surface area contributed by atoms with Crippen molar-refractivity contribution in [1.29, 1.82) is 0 Å². The van der Waals surface area contributed by atoms with Gasteiger partial charge in [0.05, 0.1) is 4.83 Å². The number of hydrogen-bond donors (Lipinski definition) is 0. The van der Waals surface area contributed by atoms with Crippen LogP contribution in [0.1, 0.15) is 12.5 Å². The summed E-state index contributed by atoms with van der Waals surface area (Å²) in [5, 5.41) is 0. The van der Waals surface area contributed by atoms with Crippen molar-refractivity contribution < 1.29 is 4.79 Å². The van der Waals surface area contributed by atoms with Crippen LogP contribution in [-0.2, 0) is 11.3 Å². The Morgan fingerprint density at radius 1 is 1.22 bits per heavy atom. The molecule has 0 aromatic heterocycles. The molecular formula is C14H19BrN2O. The highest BCUT2D eigenvalue weighted by atomic mass is 79.9. The van der Waals surface area contributed by atoms with Crippen LogP contribution in [0.25, 0.3) is 0 Å². The maximum Gasteiger partial charge on any atom is 0.236 e. The van der Waals surface area contributed by atoms with E-state index in [1.165, 1.54) is 5.56 Å². The first-order valence-electron chi connectivity index (χ1n) is 6.36. The van der Waals surface area contributed by atoms with E-state index in [9.17, 15) is 4.79 Å². The lowest BCUT2D eigenvalue weighted by Gasteiger charge is -2.35. The van der Waals surface area contributed by atoms with E-state index < -0.39 is 0 Å². The zero-order valence-corrected chi connectivity index (χ0v) is 12.3. The number of carbonyl (C=O) groups excluding carboxylic acids is 1. The topological polar surface area (TPSA) is 23.6 Å². The predicted molar refractivity (Wildman–Crippen MR) is 76.7 cm³/mol. The Kier molecular flexibility index (Phi) is 4.78. The predicted octanol–water partition coefficient (Wildman–Crippen LogP) is 2.11. The Balaban J connectivity index is 1.82. The van der Waals surface area contributed by atoms with Gasteiger partial charge in [-0.25, -0.2) is 0 Å². The second-order valence-corrected chi connectivity index (χ2v) is 6.08. The number of halogens is 1. The lowest BCUT2D eigenvalue weighted by molar-refractivity contribution is -0.131. The smallest absolute Gasteiger partial charge is 0.236 e. The molecule has 3 nitrogen and oxygen atoms in total. The van der Waals surface area contributed by atoms with Crippen molar-refractivity contribution in [2.45, 2.75) is 18.3 Å². The van der Waals surface area contributed by atoms with Gasteiger partial charge in [0.25, 0.3) is 0 Å². The van der Waals surface area contributed by atoms with Gasteiger partial charge in [0.15, 0.2) is 0 Å². The summed E-state index contributed by atoms with van der Waals surface area (Å²) >= 11 is 3.34. The summed E-state index contributed by atoms with van der Waals surface area (Å²) < 4.78 is 0. The highest BCUT2D eigenvalue weighted by Crippen LogP contribution is 2.11. The number of carbonyl (C=O) groups is 1. The second kappa shape index (κ2) is 6.34. The molecular weight excluding hydrogens is 292 g/mol. The zero-order valence-electron chi connectivity index (χ0n) is 10.7. The molecule has 0 N–H and O–H groups in total. The van der Waals surface area contributed by atoms with Gasteiger partial charge in [0.2, 0.25) is 5.91 Å². The summed E-state index contributed by atoms with van der Waals surface area (Å²) in [4.78, 5) is 16.1. The Hall–Kier alpha value is -0.870. The van der Waals surface area contributed by atoms with Crippen molar-refractivity contribution in [2.24, 2.45) is 0 Å². The van der Waals surface area contributed by atoms with Gasteiger partial charge in [-0.05, 0) is 12.5 Å². The number of nitrogens with zero attached hydrogens (tertiary/aromatic N) is 2. The number of piperazine rings is 1. The van der Waals surface area contributed by atoms with E-state index in [4.69, 9.17) is 0 Å². The summed E-state index contributed by atoms with van der Waals surface area (Å²) in [6, 6.07) is 10.5. The lowest BCUT2D eigenvalue weighted by atomic mass is 10.2. The first kappa shape index (κ1) is 13.6. The van der Waals surface area contributed by atoms with Crippen LogP contribution in [0.5, 0.6) is 0 Å². The van der Waals surface area contributed by atoms with Crippen LogP contribution in [-0.4, -0.2) is 46.7 Å². The maximum atomic E-state index is 11.8. The quantitative estimate of drug-likeness (QED) is 0.798. The largest absolute Gasteiger partial charge is 0.339 e. The molecule has 98 valence electrons. The van der Waals surface area contributed by atoms with Crippen LogP contribution in [0.3, 0.4) is 0 Å². The van der Waals surface area contributed by atoms with E-state index >= 15 is 0 Å². The van der Waals surface area contributed by atoms with Crippen molar-refractivity contribution in [2.75, 3.05) is 26.2 Å². The Morgan fingerprint density at radius 2 is 1.83 bits per heavy atom. The van der Waals surface area contributed by atoms with Gasteiger partial charge in [-0.3, -0.25) is 9.69 Å². The van der Waals surface area contributed by atoms with E-state index in [2.05, 4.69) is 45.1 Å². The minimum atomic E-state index is -0.0711. The highest BCUT2D eigenvalue weighted by Gasteiger charge is 2.23. The zero-order chi connectivity index (χ0) is 13.0. The number of benzene rings is 1. The summed E-state index contributed by atoms with van der Waals surface area (Å²) in [5.74, 6) is 0.203. The molecule has 0 saturated carbocycles. The lowest BCUT2D eigenvalue weighted by Crippen LogP contribution is -2.49. The molecule has 1 aromatic rings. The number of hydrogen-bond acceptors (Lipinski definition) is 2. The average Bonchev–Trinajstić information content (AvgIpc) is 2.40. The van der Waals surface area contributed by atoms with Gasteiger partial charge in [-0.2, -0.15) is 0 Å². The molecule has 4 heteroatoms. The SMILES string of the molecule is CC(Br)C(=O)N1CCN(Cc2ccccc2)CC1. The first-order valence-corrected chi connectivity index (χ1v) is 7.27. The average molecular weight is 311 g/mol. The molecule has 0 bridgehead atoms. The Bertz CT molecular complexity index is 386. The van der Waals surface area contributed by atoms with Crippen molar-refractivity contribution in [3.05, 3.63) is 35.9 Å². The van der Waals surface area contributed by atoms with E-state index in [0.717, 1.165) is 32.7 Å². The second-order valence-electron chi connectivity index (χ2n) is 4.70. The molecule has 1 heterocycles. The third kappa shape index (κ3) is 3.56. The highest BCUT2D eigenvalue weighted by molar-refractivity contribution is 9.10. The molecule has 1 atom stereocenters. The van der Waals surface area contributed by atoms with E-state index in [1.54, 1.807) is 0 Å². The molecule has 0 radical (unpaired) electrons. The molecule has 1 amide bonds. The molecule has 0 spiro atoms. The Morgan fingerprint density at radius 3 is 2.39 bits per heavy atom. The van der Waals surface area contributed by atoms with Crippen LogP contribution in [0.2, 0.25) is 0 Å². The van der Waals surface area contributed by atoms with Gasteiger partial charge in [-0.15, -0.1) is 0 Å². The molecule has 18 heavy (non-hydrogen) atoms. The van der Waals surface area contributed by atoms with Crippen LogP contribution in [0, 0.1) is 0 Å². The van der Waals surface area contributed by atoms with Gasteiger partial charge < -0.3 is 4.90 Å². The van der Waals surface area contributed by atoms with Gasteiger partial charge >= 0.3 is 0 Å². The molecule has 2 rings (SSSR count). The monoisotopic (exact) mass is 310 g/mol. The van der Waals surface area contributed by atoms with Crippen molar-refractivity contribution >= 4 is 21.8 Å². The van der Waals surface area contributed by atoms with Crippen molar-refractivity contribution in [3.8, 4) is 0 Å². The fraction of sp³-hybridized carbons (Fsp3) is 0.500. The molecule has 1 unspecified atom stereocenters. The minimum Gasteiger partial charge on any atom is -0.339 e. The van der Waals surface area contributed by atoms with Crippen LogP contribution < -0.4 is 0 Å². The van der Waals surface area contributed by atoms with Crippen LogP contribution in [0.4, 0.5) is 0 Å². The molecule has 1 aliphatic heterocycles. The molecule has 1 aromatic carbocycles. The van der Waals surface area contributed by atoms with Crippen LogP contribution >= 0.6 is 15.9 Å². The van der Waals surface area contributed by atoms with Crippen LogP contribution in [0.15, 0.2) is 30.3 Å². The van der Waals surface area contributed by atoms with Crippen molar-refractivity contribution in [3.63, 3.8) is 0 Å². The number of amides is 1.